The van der Waals surface area contributed by atoms with Crippen molar-refractivity contribution in [3.63, 3.8) is 0 Å². The van der Waals surface area contributed by atoms with Gasteiger partial charge in [-0.25, -0.2) is 4.98 Å². The summed E-state index contributed by atoms with van der Waals surface area (Å²) in [5, 5.41) is 0. The summed E-state index contributed by atoms with van der Waals surface area (Å²) < 4.78 is 2.00. The lowest BCUT2D eigenvalue weighted by Gasteiger charge is -2.32. The molecule has 2 rings (SSSR count). The molecule has 15 heavy (non-hydrogen) atoms. The number of nitrogens with zero attached hydrogens (tertiary/aromatic N) is 3. The molecular formula is C11H17N3O. The van der Waals surface area contributed by atoms with Gasteiger partial charge < -0.3 is 9.47 Å². The van der Waals surface area contributed by atoms with E-state index in [-0.39, 0.29) is 5.92 Å². The first kappa shape index (κ1) is 10.2. The highest BCUT2D eigenvalue weighted by Crippen LogP contribution is 2.21. The summed E-state index contributed by atoms with van der Waals surface area (Å²) in [6, 6.07) is 0. The van der Waals surface area contributed by atoms with Crippen molar-refractivity contribution in [3.8, 4) is 0 Å². The van der Waals surface area contributed by atoms with Crippen molar-refractivity contribution < 1.29 is 4.79 Å². The van der Waals surface area contributed by atoms with Crippen LogP contribution < -0.4 is 4.90 Å². The molecule has 1 aliphatic rings. The van der Waals surface area contributed by atoms with E-state index in [1.807, 2.05) is 17.8 Å². The molecule has 1 aromatic heterocycles. The minimum absolute atomic E-state index is 0.190. The lowest BCUT2D eigenvalue weighted by molar-refractivity contribution is -0.120. The molecule has 4 nitrogen and oxygen atoms in total. The van der Waals surface area contributed by atoms with Gasteiger partial charge in [-0.15, -0.1) is 0 Å². The third-order valence-electron chi connectivity index (χ3n) is 3.07. The fourth-order valence-corrected chi connectivity index (χ4v) is 2.15. The molecule has 1 aromatic rings. The van der Waals surface area contributed by atoms with Gasteiger partial charge in [-0.05, 0) is 19.8 Å². The van der Waals surface area contributed by atoms with Crippen molar-refractivity contribution in [1.29, 1.82) is 0 Å². The molecule has 82 valence electrons. The molecule has 0 N–H and O–H groups in total. The van der Waals surface area contributed by atoms with Crippen molar-refractivity contribution in [2.45, 2.75) is 19.8 Å². The lowest BCUT2D eigenvalue weighted by Crippen LogP contribution is -2.39. The zero-order valence-electron chi connectivity index (χ0n) is 9.31. The van der Waals surface area contributed by atoms with Crippen molar-refractivity contribution in [1.82, 2.24) is 9.55 Å². The van der Waals surface area contributed by atoms with Crippen LogP contribution in [0.5, 0.6) is 0 Å². The topological polar surface area (TPSA) is 38.1 Å². The zero-order valence-corrected chi connectivity index (χ0v) is 9.31. The van der Waals surface area contributed by atoms with Crippen LogP contribution in [0, 0.1) is 5.92 Å². The number of aromatic nitrogens is 2. The second-order valence-electron chi connectivity index (χ2n) is 4.23. The van der Waals surface area contributed by atoms with E-state index >= 15 is 0 Å². The van der Waals surface area contributed by atoms with Crippen LogP contribution in [0.15, 0.2) is 12.4 Å². The second kappa shape index (κ2) is 4.04. The number of rotatable bonds is 2. The Morgan fingerprint density at radius 2 is 2.40 bits per heavy atom. The first-order valence-electron chi connectivity index (χ1n) is 5.41. The van der Waals surface area contributed by atoms with Gasteiger partial charge in [0.2, 0.25) is 5.95 Å². The third-order valence-corrected chi connectivity index (χ3v) is 3.07. The number of ketones is 1. The van der Waals surface area contributed by atoms with Crippen LogP contribution in [0.4, 0.5) is 5.95 Å². The highest BCUT2D eigenvalue weighted by molar-refractivity contribution is 5.79. The Labute approximate surface area is 89.9 Å². The molecular weight excluding hydrogens is 190 g/mol. The van der Waals surface area contributed by atoms with Gasteiger partial charge in [0, 0.05) is 38.4 Å². The van der Waals surface area contributed by atoms with Gasteiger partial charge in [0.15, 0.2) is 0 Å². The van der Waals surface area contributed by atoms with Crippen molar-refractivity contribution in [2.75, 3.05) is 18.0 Å². The van der Waals surface area contributed by atoms with E-state index in [1.165, 1.54) is 0 Å². The van der Waals surface area contributed by atoms with E-state index in [1.54, 1.807) is 13.1 Å². The largest absolute Gasteiger partial charge is 0.342 e. The number of piperidine rings is 1. The van der Waals surface area contributed by atoms with Crippen LogP contribution in [-0.2, 0) is 11.8 Å². The summed E-state index contributed by atoms with van der Waals surface area (Å²) in [6.07, 6.45) is 5.84. The number of carbonyl (C=O) groups is 1. The Morgan fingerprint density at radius 3 is 3.00 bits per heavy atom. The lowest BCUT2D eigenvalue weighted by atomic mass is 9.95. The van der Waals surface area contributed by atoms with Crippen LogP contribution in [0.1, 0.15) is 19.8 Å². The monoisotopic (exact) mass is 207 g/mol. The Bertz CT molecular complexity index is 358. The molecule has 4 heteroatoms. The van der Waals surface area contributed by atoms with E-state index in [9.17, 15) is 4.79 Å². The number of hydrogen-bond donors (Lipinski definition) is 0. The molecule has 0 bridgehead atoms. The van der Waals surface area contributed by atoms with Gasteiger partial charge in [0.25, 0.3) is 0 Å². The fraction of sp³-hybridized carbons (Fsp3) is 0.636. The minimum Gasteiger partial charge on any atom is -0.342 e. The van der Waals surface area contributed by atoms with E-state index < -0.39 is 0 Å². The maximum atomic E-state index is 11.3. The molecule has 1 fully saturated rings. The van der Waals surface area contributed by atoms with Gasteiger partial charge in [-0.2, -0.15) is 0 Å². The van der Waals surface area contributed by atoms with E-state index in [0.717, 1.165) is 31.9 Å². The smallest absolute Gasteiger partial charge is 0.205 e. The maximum absolute atomic E-state index is 11.3. The summed E-state index contributed by atoms with van der Waals surface area (Å²) in [5.41, 5.74) is 0. The van der Waals surface area contributed by atoms with Crippen molar-refractivity contribution in [3.05, 3.63) is 12.4 Å². The number of hydrogen-bond acceptors (Lipinski definition) is 3. The van der Waals surface area contributed by atoms with Gasteiger partial charge in [-0.1, -0.05) is 0 Å². The second-order valence-corrected chi connectivity index (χ2v) is 4.23. The Kier molecular flexibility index (Phi) is 2.75. The van der Waals surface area contributed by atoms with Crippen LogP contribution >= 0.6 is 0 Å². The molecule has 2 heterocycles. The van der Waals surface area contributed by atoms with E-state index in [4.69, 9.17) is 0 Å². The van der Waals surface area contributed by atoms with Gasteiger partial charge in [-0.3, -0.25) is 4.79 Å². The van der Waals surface area contributed by atoms with Crippen LogP contribution in [0.25, 0.3) is 0 Å². The first-order valence-corrected chi connectivity index (χ1v) is 5.41. The average molecular weight is 207 g/mol. The summed E-state index contributed by atoms with van der Waals surface area (Å²) in [6.45, 7) is 3.52. The molecule has 0 saturated carbocycles. The van der Waals surface area contributed by atoms with Crippen LogP contribution in [0.3, 0.4) is 0 Å². The molecule has 0 aromatic carbocycles. The first-order chi connectivity index (χ1) is 7.18. The summed E-state index contributed by atoms with van der Waals surface area (Å²) in [7, 11) is 1.99. The number of anilines is 1. The highest BCUT2D eigenvalue weighted by Gasteiger charge is 2.24. The SMILES string of the molecule is CC(=O)C1CCCN(c2nccn2C)C1. The normalized spacial score (nSPS) is 21.7. The molecule has 1 saturated heterocycles. The van der Waals surface area contributed by atoms with E-state index in [0.29, 0.717) is 5.78 Å². The zero-order chi connectivity index (χ0) is 10.8. The van der Waals surface area contributed by atoms with Crippen molar-refractivity contribution in [2.24, 2.45) is 13.0 Å². The van der Waals surface area contributed by atoms with Crippen LogP contribution in [0.2, 0.25) is 0 Å². The summed E-state index contributed by atoms with van der Waals surface area (Å²) in [5.74, 6) is 1.46. The van der Waals surface area contributed by atoms with Gasteiger partial charge in [0.05, 0.1) is 0 Å². The number of aryl methyl sites for hydroxylation is 1. The number of Topliss-reactive ketones (excluding diaryl/α,β-unsaturated/α-hetero) is 1. The summed E-state index contributed by atoms with van der Waals surface area (Å²) in [4.78, 5) is 17.9. The fourth-order valence-electron chi connectivity index (χ4n) is 2.15. The van der Waals surface area contributed by atoms with E-state index in [2.05, 4.69) is 9.88 Å². The molecule has 1 atom stereocenters. The minimum atomic E-state index is 0.190. The third kappa shape index (κ3) is 2.03. The Morgan fingerprint density at radius 1 is 1.60 bits per heavy atom. The standard InChI is InChI=1S/C11H17N3O/c1-9(15)10-4-3-6-14(8-10)11-12-5-7-13(11)2/h5,7,10H,3-4,6,8H2,1-2H3. The molecule has 1 aliphatic heterocycles. The molecule has 0 radical (unpaired) electrons. The molecule has 0 aliphatic carbocycles. The van der Waals surface area contributed by atoms with Crippen LogP contribution in [-0.4, -0.2) is 28.4 Å². The highest BCUT2D eigenvalue weighted by atomic mass is 16.1. The predicted octanol–water partition coefficient (Wildman–Crippen LogP) is 1.23. The quantitative estimate of drug-likeness (QED) is 0.732. The average Bonchev–Trinajstić information content (AvgIpc) is 2.64. The van der Waals surface area contributed by atoms with Gasteiger partial charge >= 0.3 is 0 Å². The Balaban J connectivity index is 2.11. The molecule has 0 amide bonds. The number of carbonyl (C=O) groups excluding carboxylic acids is 1. The van der Waals surface area contributed by atoms with Crippen molar-refractivity contribution >= 4 is 11.7 Å². The summed E-state index contributed by atoms with van der Waals surface area (Å²) >= 11 is 0. The molecule has 0 spiro atoms. The van der Waals surface area contributed by atoms with Gasteiger partial charge in [0.1, 0.15) is 5.78 Å². The number of imidazole rings is 1. The predicted molar refractivity (Wildman–Crippen MR) is 58.8 cm³/mol. The maximum Gasteiger partial charge on any atom is 0.205 e. The Hall–Kier alpha value is -1.32. The molecule has 1 unspecified atom stereocenters.